The van der Waals surface area contributed by atoms with Gasteiger partial charge in [0.15, 0.2) is 11.6 Å². The average Bonchev–Trinajstić information content (AvgIpc) is 2.58. The quantitative estimate of drug-likeness (QED) is 0.634. The first kappa shape index (κ1) is 14.9. The average molecular weight is 329 g/mol. The number of ether oxygens (including phenoxy) is 1. The van der Waals surface area contributed by atoms with Crippen LogP contribution in [0.2, 0.25) is 5.02 Å². The van der Waals surface area contributed by atoms with Crippen LogP contribution in [0.1, 0.15) is 0 Å². The molecule has 0 saturated carbocycles. The summed E-state index contributed by atoms with van der Waals surface area (Å²) in [4.78, 5) is 10.0. The molecular weight excluding hydrogens is 316 g/mol. The monoisotopic (exact) mass is 328 g/mol. The SMILES string of the molecule is COc1cnc(-c2ccccc2)nc1Sc1ccc(Cl)cc1. The third kappa shape index (κ3) is 3.40. The Morgan fingerprint density at radius 2 is 1.73 bits per heavy atom. The maximum Gasteiger partial charge on any atom is 0.169 e. The Morgan fingerprint density at radius 3 is 2.41 bits per heavy atom. The first-order valence-electron chi connectivity index (χ1n) is 6.66. The molecular formula is C17H13ClN2OS. The van der Waals surface area contributed by atoms with Gasteiger partial charge in [0.25, 0.3) is 0 Å². The van der Waals surface area contributed by atoms with Crippen molar-refractivity contribution in [3.63, 3.8) is 0 Å². The zero-order valence-corrected chi connectivity index (χ0v) is 13.4. The van der Waals surface area contributed by atoms with Gasteiger partial charge in [0.1, 0.15) is 5.03 Å². The number of benzene rings is 2. The predicted octanol–water partition coefficient (Wildman–Crippen LogP) is 4.96. The van der Waals surface area contributed by atoms with Crippen molar-refractivity contribution >= 4 is 23.4 Å². The highest BCUT2D eigenvalue weighted by Crippen LogP contribution is 2.34. The van der Waals surface area contributed by atoms with Crippen LogP contribution >= 0.6 is 23.4 Å². The predicted molar refractivity (Wildman–Crippen MR) is 89.6 cm³/mol. The third-order valence-electron chi connectivity index (χ3n) is 3.00. The lowest BCUT2D eigenvalue weighted by Crippen LogP contribution is -1.95. The fraction of sp³-hybridized carbons (Fsp3) is 0.0588. The van der Waals surface area contributed by atoms with Crippen molar-refractivity contribution in [2.24, 2.45) is 0 Å². The van der Waals surface area contributed by atoms with Gasteiger partial charge in [-0.15, -0.1) is 0 Å². The highest BCUT2D eigenvalue weighted by molar-refractivity contribution is 7.99. The molecule has 0 spiro atoms. The van der Waals surface area contributed by atoms with E-state index in [1.807, 2.05) is 54.6 Å². The first-order valence-corrected chi connectivity index (χ1v) is 7.85. The summed E-state index contributed by atoms with van der Waals surface area (Å²) in [6.45, 7) is 0. The second kappa shape index (κ2) is 6.81. The Hall–Kier alpha value is -2.04. The van der Waals surface area contributed by atoms with Crippen molar-refractivity contribution < 1.29 is 4.74 Å². The van der Waals surface area contributed by atoms with Crippen LogP contribution in [0.25, 0.3) is 11.4 Å². The standard InChI is InChI=1S/C17H13ClN2OS/c1-21-15-11-19-16(12-5-3-2-4-6-12)20-17(15)22-14-9-7-13(18)8-10-14/h2-11H,1H3. The Balaban J connectivity index is 1.96. The molecule has 0 N–H and O–H groups in total. The van der Waals surface area contributed by atoms with E-state index in [0.29, 0.717) is 16.6 Å². The summed E-state index contributed by atoms with van der Waals surface area (Å²) >= 11 is 7.44. The zero-order valence-electron chi connectivity index (χ0n) is 11.9. The molecule has 0 radical (unpaired) electrons. The van der Waals surface area contributed by atoms with Crippen molar-refractivity contribution in [3.8, 4) is 17.1 Å². The lowest BCUT2D eigenvalue weighted by atomic mass is 10.2. The number of methoxy groups -OCH3 is 1. The molecule has 0 amide bonds. The minimum atomic E-state index is 0.652. The van der Waals surface area contributed by atoms with Crippen LogP contribution in [0.3, 0.4) is 0 Å². The third-order valence-corrected chi connectivity index (χ3v) is 4.25. The van der Waals surface area contributed by atoms with Crippen LogP contribution in [0.15, 0.2) is 70.7 Å². The van der Waals surface area contributed by atoms with Crippen LogP contribution in [-0.2, 0) is 0 Å². The number of nitrogens with zero attached hydrogens (tertiary/aromatic N) is 2. The van der Waals surface area contributed by atoms with Gasteiger partial charge in [-0.25, -0.2) is 9.97 Å². The molecule has 0 aliphatic carbocycles. The number of rotatable bonds is 4. The summed E-state index contributed by atoms with van der Waals surface area (Å²) in [6, 6.07) is 17.5. The summed E-state index contributed by atoms with van der Waals surface area (Å²) < 4.78 is 5.36. The van der Waals surface area contributed by atoms with Crippen LogP contribution in [-0.4, -0.2) is 17.1 Å². The Bertz CT molecular complexity index is 763. The highest BCUT2D eigenvalue weighted by Gasteiger charge is 2.11. The van der Waals surface area contributed by atoms with Crippen LogP contribution in [0, 0.1) is 0 Å². The normalized spacial score (nSPS) is 10.5. The number of hydrogen-bond donors (Lipinski definition) is 0. The maximum atomic E-state index is 5.92. The topological polar surface area (TPSA) is 35.0 Å². The molecule has 22 heavy (non-hydrogen) atoms. The molecule has 0 aliphatic heterocycles. The van der Waals surface area contributed by atoms with Gasteiger partial charge in [-0.05, 0) is 24.3 Å². The minimum Gasteiger partial charge on any atom is -0.492 e. The van der Waals surface area contributed by atoms with Crippen molar-refractivity contribution in [1.82, 2.24) is 9.97 Å². The zero-order chi connectivity index (χ0) is 15.4. The molecule has 2 aromatic carbocycles. The van der Waals surface area contributed by atoms with Gasteiger partial charge in [-0.1, -0.05) is 53.7 Å². The van der Waals surface area contributed by atoms with Crippen molar-refractivity contribution in [3.05, 3.63) is 65.8 Å². The summed E-state index contributed by atoms with van der Waals surface area (Å²) in [5, 5.41) is 1.49. The minimum absolute atomic E-state index is 0.652. The van der Waals surface area contributed by atoms with E-state index in [1.165, 1.54) is 11.8 Å². The Kier molecular flexibility index (Phi) is 4.61. The van der Waals surface area contributed by atoms with E-state index in [2.05, 4.69) is 9.97 Å². The fourth-order valence-corrected chi connectivity index (χ4v) is 2.90. The van der Waals surface area contributed by atoms with Gasteiger partial charge >= 0.3 is 0 Å². The number of halogens is 1. The van der Waals surface area contributed by atoms with Crippen LogP contribution < -0.4 is 4.74 Å². The molecule has 0 atom stereocenters. The van der Waals surface area contributed by atoms with Crippen LogP contribution in [0.4, 0.5) is 0 Å². The molecule has 0 aliphatic rings. The van der Waals surface area contributed by atoms with Crippen LogP contribution in [0.5, 0.6) is 5.75 Å². The van der Waals surface area contributed by atoms with Gasteiger partial charge in [0.2, 0.25) is 0 Å². The fourth-order valence-electron chi connectivity index (χ4n) is 1.91. The molecule has 3 aromatic rings. The second-order valence-electron chi connectivity index (χ2n) is 4.49. The lowest BCUT2D eigenvalue weighted by molar-refractivity contribution is 0.398. The van der Waals surface area contributed by atoms with E-state index in [9.17, 15) is 0 Å². The molecule has 5 heteroatoms. The Morgan fingerprint density at radius 1 is 1.00 bits per heavy atom. The van der Waals surface area contributed by atoms with E-state index < -0.39 is 0 Å². The first-order chi connectivity index (χ1) is 10.8. The highest BCUT2D eigenvalue weighted by atomic mass is 35.5. The molecule has 1 heterocycles. The smallest absolute Gasteiger partial charge is 0.169 e. The molecule has 0 bridgehead atoms. The number of hydrogen-bond acceptors (Lipinski definition) is 4. The van der Waals surface area contributed by atoms with Crippen molar-refractivity contribution in [2.45, 2.75) is 9.92 Å². The van der Waals surface area contributed by atoms with Gasteiger partial charge in [0, 0.05) is 15.5 Å². The molecule has 110 valence electrons. The van der Waals surface area contributed by atoms with Crippen molar-refractivity contribution in [2.75, 3.05) is 7.11 Å². The molecule has 0 saturated heterocycles. The van der Waals surface area contributed by atoms with E-state index in [-0.39, 0.29) is 0 Å². The maximum absolute atomic E-state index is 5.92. The van der Waals surface area contributed by atoms with Gasteiger partial charge in [0.05, 0.1) is 13.3 Å². The summed E-state index contributed by atoms with van der Waals surface area (Å²) in [6.07, 6.45) is 1.70. The molecule has 3 nitrogen and oxygen atoms in total. The molecule has 0 unspecified atom stereocenters. The van der Waals surface area contributed by atoms with E-state index in [0.717, 1.165) is 15.5 Å². The molecule has 1 aromatic heterocycles. The van der Waals surface area contributed by atoms with Gasteiger partial charge in [-0.3, -0.25) is 0 Å². The van der Waals surface area contributed by atoms with E-state index in [4.69, 9.17) is 16.3 Å². The summed E-state index contributed by atoms with van der Waals surface area (Å²) in [5.41, 5.74) is 0.975. The summed E-state index contributed by atoms with van der Waals surface area (Å²) in [5.74, 6) is 1.33. The second-order valence-corrected chi connectivity index (χ2v) is 5.99. The van der Waals surface area contributed by atoms with E-state index >= 15 is 0 Å². The van der Waals surface area contributed by atoms with Gasteiger partial charge < -0.3 is 4.74 Å². The largest absolute Gasteiger partial charge is 0.492 e. The Labute approximate surface area is 138 Å². The lowest BCUT2D eigenvalue weighted by Gasteiger charge is -2.09. The van der Waals surface area contributed by atoms with E-state index in [1.54, 1.807) is 13.3 Å². The summed E-state index contributed by atoms with van der Waals surface area (Å²) in [7, 11) is 1.62. The van der Waals surface area contributed by atoms with Gasteiger partial charge in [-0.2, -0.15) is 0 Å². The molecule has 3 rings (SSSR count). The number of aromatic nitrogens is 2. The van der Waals surface area contributed by atoms with Crippen molar-refractivity contribution in [1.29, 1.82) is 0 Å². The molecule has 0 fully saturated rings.